The van der Waals surface area contributed by atoms with Crippen LogP contribution in [-0.2, 0) is 14.3 Å². The van der Waals surface area contributed by atoms with Crippen LogP contribution in [0.3, 0.4) is 0 Å². The topological polar surface area (TPSA) is 89.4 Å². The summed E-state index contributed by atoms with van der Waals surface area (Å²) in [7, 11) is 0. The van der Waals surface area contributed by atoms with Crippen molar-refractivity contribution in [2.75, 3.05) is 6.61 Å². The van der Waals surface area contributed by atoms with Crippen molar-refractivity contribution in [2.24, 2.45) is 0 Å². The number of ketones is 1. The second-order valence-corrected chi connectivity index (χ2v) is 6.45. The van der Waals surface area contributed by atoms with Gasteiger partial charge in [-0.2, -0.15) is 0 Å². The van der Waals surface area contributed by atoms with Gasteiger partial charge in [0.25, 0.3) is 0 Å². The van der Waals surface area contributed by atoms with Crippen LogP contribution in [-0.4, -0.2) is 28.8 Å². The summed E-state index contributed by atoms with van der Waals surface area (Å²) in [6.45, 7) is 5.44. The SMILES string of the molecule is Cc1ccc(-n2c(C)cc(C(=O)COC(=O)C3=CCC(=O)NN3)c2C)cc1. The molecule has 2 aromatic rings. The number of hydrogen-bond acceptors (Lipinski definition) is 5. The fraction of sp³-hybridized carbons (Fsp3) is 0.250. The minimum absolute atomic E-state index is 0.0864. The summed E-state index contributed by atoms with van der Waals surface area (Å²) in [5.41, 5.74) is 9.26. The standard InChI is InChI=1S/C20H21N3O4/c1-12-4-6-15(7-5-12)23-13(2)10-16(14(23)3)18(24)11-27-20(26)17-8-9-19(25)22-21-17/h4-8,10,21H,9,11H2,1-3H3,(H,22,25). The van der Waals surface area contributed by atoms with Gasteiger partial charge in [0.2, 0.25) is 11.7 Å². The summed E-state index contributed by atoms with van der Waals surface area (Å²) in [5.74, 6) is -1.21. The first-order chi connectivity index (χ1) is 12.9. The molecule has 0 spiro atoms. The highest BCUT2D eigenvalue weighted by atomic mass is 16.5. The van der Waals surface area contributed by atoms with E-state index >= 15 is 0 Å². The van der Waals surface area contributed by atoms with Crippen LogP contribution in [0.4, 0.5) is 0 Å². The Morgan fingerprint density at radius 2 is 1.81 bits per heavy atom. The van der Waals surface area contributed by atoms with Crippen molar-refractivity contribution >= 4 is 17.7 Å². The smallest absolute Gasteiger partial charge is 0.356 e. The third-order valence-electron chi connectivity index (χ3n) is 4.41. The number of nitrogens with one attached hydrogen (secondary N) is 2. The summed E-state index contributed by atoms with van der Waals surface area (Å²) in [6, 6.07) is 9.82. The highest BCUT2D eigenvalue weighted by molar-refractivity contribution is 6.00. The van der Waals surface area contributed by atoms with Crippen molar-refractivity contribution in [3.63, 3.8) is 0 Å². The summed E-state index contributed by atoms with van der Waals surface area (Å²) in [6.07, 6.45) is 1.51. The molecule has 1 amide bonds. The van der Waals surface area contributed by atoms with Crippen molar-refractivity contribution in [2.45, 2.75) is 27.2 Å². The van der Waals surface area contributed by atoms with Crippen LogP contribution in [0.25, 0.3) is 5.69 Å². The van der Waals surface area contributed by atoms with Crippen LogP contribution in [0.2, 0.25) is 0 Å². The number of hydrogen-bond donors (Lipinski definition) is 2. The number of carbonyl (C=O) groups excluding carboxylic acids is 3. The van der Waals surface area contributed by atoms with Gasteiger partial charge in [0.05, 0.1) is 0 Å². The molecule has 3 rings (SSSR count). The molecule has 1 aromatic carbocycles. The molecule has 140 valence electrons. The quantitative estimate of drug-likeness (QED) is 0.624. The molecular formula is C20H21N3O4. The van der Waals surface area contributed by atoms with Gasteiger partial charge in [-0.3, -0.25) is 20.4 Å². The second kappa shape index (κ2) is 7.49. The van der Waals surface area contributed by atoms with E-state index in [1.54, 1.807) is 6.07 Å². The predicted molar refractivity (Wildman–Crippen MR) is 99.2 cm³/mol. The minimum atomic E-state index is -0.685. The van der Waals surface area contributed by atoms with Gasteiger partial charge in [0.1, 0.15) is 5.70 Å². The van der Waals surface area contributed by atoms with E-state index in [0.29, 0.717) is 5.56 Å². The van der Waals surface area contributed by atoms with Crippen LogP contribution >= 0.6 is 0 Å². The van der Waals surface area contributed by atoms with Crippen molar-refractivity contribution < 1.29 is 19.1 Å². The van der Waals surface area contributed by atoms with E-state index in [1.165, 1.54) is 6.08 Å². The number of benzene rings is 1. The Kier molecular flexibility index (Phi) is 5.12. The maximum atomic E-state index is 12.6. The van der Waals surface area contributed by atoms with Crippen LogP contribution < -0.4 is 10.9 Å². The number of Topliss-reactive ketones (excluding diaryl/α,β-unsaturated/α-hetero) is 1. The van der Waals surface area contributed by atoms with Crippen LogP contribution in [0.5, 0.6) is 0 Å². The molecule has 7 nitrogen and oxygen atoms in total. The molecule has 0 radical (unpaired) electrons. The Balaban J connectivity index is 1.72. The molecule has 0 saturated carbocycles. The molecule has 7 heteroatoms. The number of carbonyl (C=O) groups is 3. The highest BCUT2D eigenvalue weighted by Gasteiger charge is 2.21. The molecule has 1 aromatic heterocycles. The van der Waals surface area contributed by atoms with E-state index in [4.69, 9.17) is 4.74 Å². The summed E-state index contributed by atoms with van der Waals surface area (Å²) in [5, 5.41) is 0. The monoisotopic (exact) mass is 367 g/mol. The van der Waals surface area contributed by atoms with Gasteiger partial charge in [-0.1, -0.05) is 17.7 Å². The lowest BCUT2D eigenvalue weighted by Gasteiger charge is -2.15. The van der Waals surface area contributed by atoms with E-state index in [1.807, 2.05) is 49.6 Å². The second-order valence-electron chi connectivity index (χ2n) is 6.45. The maximum absolute atomic E-state index is 12.6. The predicted octanol–water partition coefficient (Wildman–Crippen LogP) is 2.04. The average Bonchev–Trinajstić information content (AvgIpc) is 2.95. The number of hydrazine groups is 1. The molecule has 0 saturated heterocycles. The third-order valence-corrected chi connectivity index (χ3v) is 4.41. The Morgan fingerprint density at radius 3 is 2.44 bits per heavy atom. The Morgan fingerprint density at radius 1 is 1.11 bits per heavy atom. The van der Waals surface area contributed by atoms with Crippen molar-refractivity contribution in [1.82, 2.24) is 15.4 Å². The normalized spacial score (nSPS) is 13.4. The average molecular weight is 367 g/mol. The van der Waals surface area contributed by atoms with Gasteiger partial charge in [0, 0.05) is 29.1 Å². The highest BCUT2D eigenvalue weighted by Crippen LogP contribution is 2.21. The first kappa shape index (κ1) is 18.4. The number of esters is 1. The maximum Gasteiger partial charge on any atom is 0.356 e. The number of aryl methyl sites for hydroxylation is 2. The van der Waals surface area contributed by atoms with E-state index in [2.05, 4.69) is 10.9 Å². The molecule has 1 aliphatic rings. The molecule has 0 unspecified atom stereocenters. The Hall–Kier alpha value is -3.35. The van der Waals surface area contributed by atoms with E-state index in [9.17, 15) is 14.4 Å². The van der Waals surface area contributed by atoms with Crippen LogP contribution in [0.15, 0.2) is 42.1 Å². The lowest BCUT2D eigenvalue weighted by Crippen LogP contribution is -2.42. The van der Waals surface area contributed by atoms with Gasteiger partial charge in [-0.25, -0.2) is 4.79 Å². The van der Waals surface area contributed by atoms with Gasteiger partial charge < -0.3 is 9.30 Å². The van der Waals surface area contributed by atoms with Gasteiger partial charge >= 0.3 is 5.97 Å². The fourth-order valence-electron chi connectivity index (χ4n) is 2.99. The molecule has 27 heavy (non-hydrogen) atoms. The van der Waals surface area contributed by atoms with Crippen molar-refractivity contribution in [3.05, 3.63) is 64.6 Å². The van der Waals surface area contributed by atoms with Gasteiger partial charge in [0.15, 0.2) is 6.61 Å². The Bertz CT molecular complexity index is 939. The molecule has 2 N–H and O–H groups in total. The third kappa shape index (κ3) is 3.92. The van der Waals surface area contributed by atoms with E-state index in [-0.39, 0.29) is 30.4 Å². The number of rotatable bonds is 5. The fourth-order valence-corrected chi connectivity index (χ4v) is 2.99. The van der Waals surface area contributed by atoms with Gasteiger partial charge in [-0.15, -0.1) is 0 Å². The first-order valence-corrected chi connectivity index (χ1v) is 8.58. The van der Waals surface area contributed by atoms with Crippen LogP contribution in [0, 0.1) is 20.8 Å². The summed E-state index contributed by atoms with van der Waals surface area (Å²) < 4.78 is 7.07. The number of nitrogens with zero attached hydrogens (tertiary/aromatic N) is 1. The molecule has 0 atom stereocenters. The molecule has 0 aliphatic carbocycles. The zero-order valence-corrected chi connectivity index (χ0v) is 15.5. The van der Waals surface area contributed by atoms with Crippen LogP contribution in [0.1, 0.15) is 33.7 Å². The molecule has 0 fully saturated rings. The number of ether oxygens (including phenoxy) is 1. The van der Waals surface area contributed by atoms with E-state index < -0.39 is 5.97 Å². The van der Waals surface area contributed by atoms with Crippen molar-refractivity contribution in [1.29, 1.82) is 0 Å². The molecule has 0 bridgehead atoms. The minimum Gasteiger partial charge on any atom is -0.453 e. The zero-order valence-electron chi connectivity index (χ0n) is 15.5. The number of amides is 1. The molecular weight excluding hydrogens is 346 g/mol. The lowest BCUT2D eigenvalue weighted by molar-refractivity contribution is -0.138. The zero-order chi connectivity index (χ0) is 19.6. The molecule has 2 heterocycles. The summed E-state index contributed by atoms with van der Waals surface area (Å²) in [4.78, 5) is 35.6. The first-order valence-electron chi connectivity index (χ1n) is 8.58. The largest absolute Gasteiger partial charge is 0.453 e. The van der Waals surface area contributed by atoms with E-state index in [0.717, 1.165) is 22.6 Å². The van der Waals surface area contributed by atoms with Gasteiger partial charge in [-0.05, 0) is 45.0 Å². The molecule has 1 aliphatic heterocycles. The lowest BCUT2D eigenvalue weighted by atomic mass is 10.1. The summed E-state index contributed by atoms with van der Waals surface area (Å²) >= 11 is 0. The van der Waals surface area contributed by atoms with Crippen molar-refractivity contribution in [3.8, 4) is 5.69 Å². The Labute approximate surface area is 157 Å². The number of aromatic nitrogens is 1.